The predicted molar refractivity (Wildman–Crippen MR) is 76.1 cm³/mol. The van der Waals surface area contributed by atoms with Gasteiger partial charge in [-0.2, -0.15) is 0 Å². The summed E-state index contributed by atoms with van der Waals surface area (Å²) in [5.74, 6) is -1.22. The summed E-state index contributed by atoms with van der Waals surface area (Å²) in [6.07, 6.45) is 3.19. The number of hydrogen-bond donors (Lipinski definition) is 0. The summed E-state index contributed by atoms with van der Waals surface area (Å²) in [6, 6.07) is 4.45. The van der Waals surface area contributed by atoms with Crippen molar-refractivity contribution in [3.05, 3.63) is 59.2 Å². The van der Waals surface area contributed by atoms with E-state index in [9.17, 15) is 13.6 Å². The molecule has 1 amide bonds. The summed E-state index contributed by atoms with van der Waals surface area (Å²) < 4.78 is 27.1. The van der Waals surface area contributed by atoms with Crippen LogP contribution in [0.25, 0.3) is 0 Å². The minimum absolute atomic E-state index is 0.225. The Hall–Kier alpha value is -2.37. The minimum atomic E-state index is -0.712. The molecule has 1 aliphatic rings. The van der Waals surface area contributed by atoms with Crippen molar-refractivity contribution in [1.82, 2.24) is 14.9 Å². The van der Waals surface area contributed by atoms with E-state index in [2.05, 4.69) is 9.97 Å². The number of carbonyl (C=O) groups is 1. The van der Waals surface area contributed by atoms with Gasteiger partial charge < -0.3 is 4.90 Å². The number of nitrogens with zero attached hydrogens (tertiary/aromatic N) is 3. The maximum Gasteiger partial charge on any atom is 0.257 e. The van der Waals surface area contributed by atoms with Crippen molar-refractivity contribution in [2.75, 3.05) is 6.54 Å². The fourth-order valence-corrected chi connectivity index (χ4v) is 2.79. The third-order valence-corrected chi connectivity index (χ3v) is 3.81. The van der Waals surface area contributed by atoms with E-state index < -0.39 is 17.5 Å². The lowest BCUT2D eigenvalue weighted by Crippen LogP contribution is -2.31. The van der Waals surface area contributed by atoms with Crippen LogP contribution in [0.4, 0.5) is 8.78 Å². The van der Waals surface area contributed by atoms with E-state index in [0.29, 0.717) is 12.4 Å². The second-order valence-corrected chi connectivity index (χ2v) is 5.31. The average Bonchev–Trinajstić information content (AvgIpc) is 2.98. The molecular weight excluding hydrogens is 288 g/mol. The zero-order valence-corrected chi connectivity index (χ0v) is 12.1. The molecule has 0 bridgehead atoms. The van der Waals surface area contributed by atoms with Crippen LogP contribution >= 0.6 is 0 Å². The topological polar surface area (TPSA) is 46.1 Å². The Bertz CT molecular complexity index is 720. The van der Waals surface area contributed by atoms with Crippen molar-refractivity contribution in [3.8, 4) is 0 Å². The van der Waals surface area contributed by atoms with Crippen LogP contribution in [0, 0.1) is 18.6 Å². The number of hydrogen-bond acceptors (Lipinski definition) is 3. The smallest absolute Gasteiger partial charge is 0.257 e. The van der Waals surface area contributed by atoms with Gasteiger partial charge in [0, 0.05) is 12.7 Å². The summed E-state index contributed by atoms with van der Waals surface area (Å²) >= 11 is 0. The highest BCUT2D eigenvalue weighted by Gasteiger charge is 2.32. The van der Waals surface area contributed by atoms with Crippen molar-refractivity contribution in [2.45, 2.75) is 25.8 Å². The lowest BCUT2D eigenvalue weighted by atomic mass is 10.1. The maximum atomic E-state index is 13.8. The Balaban J connectivity index is 1.93. The molecule has 22 heavy (non-hydrogen) atoms. The Labute approximate surface area is 126 Å². The zero-order chi connectivity index (χ0) is 15.7. The first kappa shape index (κ1) is 14.6. The third-order valence-electron chi connectivity index (χ3n) is 3.81. The third kappa shape index (κ3) is 2.68. The molecule has 114 valence electrons. The van der Waals surface area contributed by atoms with Gasteiger partial charge >= 0.3 is 0 Å². The lowest BCUT2D eigenvalue weighted by molar-refractivity contribution is 0.0727. The molecule has 1 aromatic carbocycles. The van der Waals surface area contributed by atoms with Crippen molar-refractivity contribution in [1.29, 1.82) is 0 Å². The van der Waals surface area contributed by atoms with Crippen LogP contribution < -0.4 is 0 Å². The summed E-state index contributed by atoms with van der Waals surface area (Å²) in [4.78, 5) is 22.5. The van der Waals surface area contributed by atoms with Crippen LogP contribution in [0.15, 0.2) is 30.5 Å². The molecule has 0 radical (unpaired) electrons. The van der Waals surface area contributed by atoms with Gasteiger partial charge in [-0.15, -0.1) is 0 Å². The van der Waals surface area contributed by atoms with E-state index >= 15 is 0 Å². The Morgan fingerprint density at radius 1 is 1.32 bits per heavy atom. The second-order valence-electron chi connectivity index (χ2n) is 5.31. The molecule has 1 atom stereocenters. The summed E-state index contributed by atoms with van der Waals surface area (Å²) in [5, 5.41) is 0. The van der Waals surface area contributed by atoms with Gasteiger partial charge in [0.1, 0.15) is 17.5 Å². The number of benzene rings is 1. The minimum Gasteiger partial charge on any atom is -0.330 e. The molecule has 0 saturated carbocycles. The van der Waals surface area contributed by atoms with E-state index in [0.717, 1.165) is 36.7 Å². The molecule has 6 heteroatoms. The number of aryl methyl sites for hydroxylation is 1. The Morgan fingerprint density at radius 3 is 2.91 bits per heavy atom. The highest BCUT2D eigenvalue weighted by Crippen LogP contribution is 2.32. The molecule has 1 fully saturated rings. The summed E-state index contributed by atoms with van der Waals surface area (Å²) in [7, 11) is 0. The first-order valence-corrected chi connectivity index (χ1v) is 7.12. The van der Waals surface area contributed by atoms with Crippen LogP contribution in [0.5, 0.6) is 0 Å². The van der Waals surface area contributed by atoms with Gasteiger partial charge in [-0.1, -0.05) is 0 Å². The second kappa shape index (κ2) is 5.79. The molecule has 3 rings (SSSR count). The molecule has 2 heterocycles. The van der Waals surface area contributed by atoms with Crippen LogP contribution in [0.1, 0.15) is 40.8 Å². The highest BCUT2D eigenvalue weighted by molar-refractivity contribution is 5.95. The van der Waals surface area contributed by atoms with Crippen LogP contribution in [-0.2, 0) is 0 Å². The summed E-state index contributed by atoms with van der Waals surface area (Å²) in [6.45, 7) is 2.28. The highest BCUT2D eigenvalue weighted by atomic mass is 19.1. The average molecular weight is 303 g/mol. The molecule has 0 spiro atoms. The van der Waals surface area contributed by atoms with Crippen molar-refractivity contribution in [2.24, 2.45) is 0 Å². The van der Waals surface area contributed by atoms with Gasteiger partial charge in [0.15, 0.2) is 0 Å². The van der Waals surface area contributed by atoms with Crippen LogP contribution in [0.2, 0.25) is 0 Å². The van der Waals surface area contributed by atoms with Crippen molar-refractivity contribution >= 4 is 5.91 Å². The Morgan fingerprint density at radius 2 is 2.14 bits per heavy atom. The SMILES string of the molecule is Cc1nccc([C@H]2CCCN2C(=O)c2cc(F)ccc2F)n1. The number of aromatic nitrogens is 2. The van der Waals surface area contributed by atoms with Gasteiger partial charge in [0.25, 0.3) is 5.91 Å². The molecule has 2 aromatic rings. The fourth-order valence-electron chi connectivity index (χ4n) is 2.79. The van der Waals surface area contributed by atoms with E-state index in [1.807, 2.05) is 0 Å². The Kier molecular flexibility index (Phi) is 3.83. The number of likely N-dealkylation sites (tertiary alicyclic amines) is 1. The van der Waals surface area contributed by atoms with Crippen molar-refractivity contribution < 1.29 is 13.6 Å². The monoisotopic (exact) mass is 303 g/mol. The van der Waals surface area contributed by atoms with E-state index in [-0.39, 0.29) is 11.6 Å². The fraction of sp³-hybridized carbons (Fsp3) is 0.312. The van der Waals surface area contributed by atoms with Crippen LogP contribution in [0.3, 0.4) is 0 Å². The number of rotatable bonds is 2. The van der Waals surface area contributed by atoms with Gasteiger partial charge in [-0.3, -0.25) is 4.79 Å². The lowest BCUT2D eigenvalue weighted by Gasteiger charge is -2.24. The van der Waals surface area contributed by atoms with Gasteiger partial charge in [-0.05, 0) is 44.0 Å². The van der Waals surface area contributed by atoms with Crippen molar-refractivity contribution in [3.63, 3.8) is 0 Å². The molecule has 0 N–H and O–H groups in total. The van der Waals surface area contributed by atoms with E-state index in [1.165, 1.54) is 0 Å². The first-order valence-electron chi connectivity index (χ1n) is 7.12. The number of carbonyl (C=O) groups excluding carboxylic acids is 1. The van der Waals surface area contributed by atoms with Crippen LogP contribution in [-0.4, -0.2) is 27.3 Å². The molecular formula is C16H15F2N3O. The molecule has 1 aliphatic heterocycles. The van der Waals surface area contributed by atoms with E-state index in [1.54, 1.807) is 24.1 Å². The summed E-state index contributed by atoms with van der Waals surface area (Å²) in [5.41, 5.74) is 0.493. The predicted octanol–water partition coefficient (Wildman–Crippen LogP) is 3.04. The number of amides is 1. The first-order chi connectivity index (χ1) is 10.6. The van der Waals surface area contributed by atoms with Gasteiger partial charge in [0.2, 0.25) is 0 Å². The molecule has 0 aliphatic carbocycles. The van der Waals surface area contributed by atoms with E-state index in [4.69, 9.17) is 0 Å². The molecule has 0 unspecified atom stereocenters. The number of halogens is 2. The molecule has 1 saturated heterocycles. The normalized spacial score (nSPS) is 17.8. The van der Waals surface area contributed by atoms with Gasteiger partial charge in [-0.25, -0.2) is 18.7 Å². The molecule has 4 nitrogen and oxygen atoms in total. The standard InChI is InChI=1S/C16H15F2N3O/c1-10-19-7-6-14(20-10)15-3-2-8-21(15)16(22)12-9-11(17)4-5-13(12)18/h4-7,9,15H,2-3,8H2,1H3/t15-/m1/s1. The largest absolute Gasteiger partial charge is 0.330 e. The van der Waals surface area contributed by atoms with Gasteiger partial charge in [0.05, 0.1) is 17.3 Å². The maximum absolute atomic E-state index is 13.8. The zero-order valence-electron chi connectivity index (χ0n) is 12.1. The molecule has 1 aromatic heterocycles. The quantitative estimate of drug-likeness (QED) is 0.856.